The van der Waals surface area contributed by atoms with Gasteiger partial charge in [-0.25, -0.2) is 4.98 Å². The SMILES string of the molecule is CCOc1cc(-c2nc3ccc(OC)cc3[nH]2)ccc1OCC(=O)N(CC)CC. The molecule has 1 amide bonds. The summed E-state index contributed by atoms with van der Waals surface area (Å²) in [5, 5.41) is 0. The van der Waals surface area contributed by atoms with Crippen LogP contribution in [0, 0.1) is 0 Å². The fraction of sp³-hybridized carbons (Fsp3) is 0.364. The maximum Gasteiger partial charge on any atom is 0.260 e. The van der Waals surface area contributed by atoms with Gasteiger partial charge in [0, 0.05) is 24.7 Å². The van der Waals surface area contributed by atoms with Crippen molar-refractivity contribution in [3.05, 3.63) is 36.4 Å². The molecule has 7 nitrogen and oxygen atoms in total. The largest absolute Gasteiger partial charge is 0.497 e. The average molecular weight is 397 g/mol. The average Bonchev–Trinajstić information content (AvgIpc) is 3.17. The lowest BCUT2D eigenvalue weighted by molar-refractivity contribution is -0.132. The third-order valence-corrected chi connectivity index (χ3v) is 4.67. The molecule has 0 aliphatic heterocycles. The Balaban J connectivity index is 1.84. The molecule has 3 rings (SSSR count). The number of ether oxygens (including phenoxy) is 3. The molecule has 0 saturated heterocycles. The second-order valence-electron chi connectivity index (χ2n) is 6.42. The van der Waals surface area contributed by atoms with Crippen LogP contribution in [-0.4, -0.2) is 54.2 Å². The quantitative estimate of drug-likeness (QED) is 0.593. The molecule has 0 aliphatic rings. The van der Waals surface area contributed by atoms with Gasteiger partial charge in [0.15, 0.2) is 18.1 Å². The van der Waals surface area contributed by atoms with Gasteiger partial charge in [-0.3, -0.25) is 4.79 Å². The number of aromatic nitrogens is 2. The van der Waals surface area contributed by atoms with Crippen LogP contribution in [0.4, 0.5) is 0 Å². The Morgan fingerprint density at radius 2 is 1.83 bits per heavy atom. The summed E-state index contributed by atoms with van der Waals surface area (Å²) < 4.78 is 16.8. The number of methoxy groups -OCH3 is 1. The summed E-state index contributed by atoms with van der Waals surface area (Å²) in [5.41, 5.74) is 2.61. The number of fused-ring (bicyclic) bond motifs is 1. The molecule has 0 radical (unpaired) electrons. The van der Waals surface area contributed by atoms with Crippen molar-refractivity contribution in [2.24, 2.45) is 0 Å². The van der Waals surface area contributed by atoms with Crippen LogP contribution >= 0.6 is 0 Å². The topological polar surface area (TPSA) is 76.7 Å². The molecule has 1 N–H and O–H groups in total. The highest BCUT2D eigenvalue weighted by molar-refractivity contribution is 5.81. The maximum atomic E-state index is 12.2. The Labute approximate surface area is 170 Å². The Morgan fingerprint density at radius 3 is 2.52 bits per heavy atom. The first-order valence-corrected chi connectivity index (χ1v) is 9.81. The summed E-state index contributed by atoms with van der Waals surface area (Å²) in [7, 11) is 1.64. The van der Waals surface area contributed by atoms with E-state index >= 15 is 0 Å². The Kier molecular flexibility index (Phi) is 6.59. The normalized spacial score (nSPS) is 10.8. The van der Waals surface area contributed by atoms with E-state index in [1.54, 1.807) is 12.0 Å². The van der Waals surface area contributed by atoms with Crippen molar-refractivity contribution in [3.63, 3.8) is 0 Å². The second kappa shape index (κ2) is 9.32. The number of aromatic amines is 1. The van der Waals surface area contributed by atoms with E-state index in [1.165, 1.54) is 0 Å². The van der Waals surface area contributed by atoms with E-state index in [-0.39, 0.29) is 12.5 Å². The van der Waals surface area contributed by atoms with E-state index in [2.05, 4.69) is 9.97 Å². The van der Waals surface area contributed by atoms with Crippen molar-refractivity contribution < 1.29 is 19.0 Å². The molecule has 0 unspecified atom stereocenters. The van der Waals surface area contributed by atoms with Crippen LogP contribution in [0.25, 0.3) is 22.4 Å². The van der Waals surface area contributed by atoms with Gasteiger partial charge in [-0.2, -0.15) is 0 Å². The standard InChI is InChI=1S/C22H27N3O4/c1-5-25(6-2)21(26)14-29-19-11-8-15(12-20(19)28-7-3)22-23-17-10-9-16(27-4)13-18(17)24-22/h8-13H,5-7,14H2,1-4H3,(H,23,24). The molecule has 1 heterocycles. The number of likely N-dealkylation sites (N-methyl/N-ethyl adjacent to an activating group) is 1. The molecule has 0 saturated carbocycles. The number of carbonyl (C=O) groups excluding carboxylic acids is 1. The van der Waals surface area contributed by atoms with Crippen molar-refractivity contribution in [2.45, 2.75) is 20.8 Å². The molecule has 154 valence electrons. The van der Waals surface area contributed by atoms with Crippen molar-refractivity contribution >= 4 is 16.9 Å². The second-order valence-corrected chi connectivity index (χ2v) is 6.42. The van der Waals surface area contributed by atoms with Crippen molar-refractivity contribution in [2.75, 3.05) is 33.4 Å². The predicted octanol–water partition coefficient (Wildman–Crippen LogP) is 3.88. The number of H-pyrrole nitrogens is 1. The van der Waals surface area contributed by atoms with Crippen LogP contribution in [0.15, 0.2) is 36.4 Å². The third-order valence-electron chi connectivity index (χ3n) is 4.67. The van der Waals surface area contributed by atoms with Gasteiger partial charge in [-0.15, -0.1) is 0 Å². The first kappa shape index (κ1) is 20.5. The number of hydrogen-bond acceptors (Lipinski definition) is 5. The van der Waals surface area contributed by atoms with Gasteiger partial charge < -0.3 is 24.1 Å². The van der Waals surface area contributed by atoms with Gasteiger partial charge in [-0.1, -0.05) is 0 Å². The first-order valence-electron chi connectivity index (χ1n) is 9.81. The van der Waals surface area contributed by atoms with Gasteiger partial charge in [-0.05, 0) is 51.1 Å². The van der Waals surface area contributed by atoms with E-state index in [1.807, 2.05) is 57.2 Å². The van der Waals surface area contributed by atoms with Crippen LogP contribution < -0.4 is 14.2 Å². The van der Waals surface area contributed by atoms with Gasteiger partial charge in [0.2, 0.25) is 0 Å². The zero-order valence-electron chi connectivity index (χ0n) is 17.3. The molecule has 7 heteroatoms. The van der Waals surface area contributed by atoms with E-state index < -0.39 is 0 Å². The number of benzene rings is 2. The van der Waals surface area contributed by atoms with Gasteiger partial charge in [0.05, 0.1) is 24.8 Å². The van der Waals surface area contributed by atoms with Gasteiger partial charge in [0.1, 0.15) is 11.6 Å². The van der Waals surface area contributed by atoms with E-state index in [0.717, 1.165) is 28.2 Å². The molecule has 1 aromatic heterocycles. The summed E-state index contributed by atoms with van der Waals surface area (Å²) in [6.45, 7) is 7.59. The Hall–Kier alpha value is -3.22. The molecule has 0 spiro atoms. The zero-order chi connectivity index (χ0) is 20.8. The van der Waals surface area contributed by atoms with Crippen LogP contribution in [0.5, 0.6) is 17.2 Å². The van der Waals surface area contributed by atoms with Gasteiger partial charge in [0.25, 0.3) is 5.91 Å². The van der Waals surface area contributed by atoms with Crippen LogP contribution in [0.3, 0.4) is 0 Å². The Bertz CT molecular complexity index is 979. The summed E-state index contributed by atoms with van der Waals surface area (Å²) in [5.74, 6) is 2.56. The van der Waals surface area contributed by atoms with Crippen molar-refractivity contribution in [1.29, 1.82) is 0 Å². The monoisotopic (exact) mass is 397 g/mol. The maximum absolute atomic E-state index is 12.2. The third kappa shape index (κ3) is 4.62. The minimum Gasteiger partial charge on any atom is -0.497 e. The lowest BCUT2D eigenvalue weighted by atomic mass is 10.2. The minimum absolute atomic E-state index is 0.0223. The number of imidazole rings is 1. The number of amides is 1. The molecule has 3 aromatic rings. The zero-order valence-corrected chi connectivity index (χ0v) is 17.3. The highest BCUT2D eigenvalue weighted by atomic mass is 16.5. The van der Waals surface area contributed by atoms with Crippen LogP contribution in [-0.2, 0) is 4.79 Å². The van der Waals surface area contributed by atoms with E-state index in [4.69, 9.17) is 14.2 Å². The smallest absolute Gasteiger partial charge is 0.260 e. The molecule has 0 aliphatic carbocycles. The Morgan fingerprint density at radius 1 is 1.03 bits per heavy atom. The van der Waals surface area contributed by atoms with Gasteiger partial charge >= 0.3 is 0 Å². The first-order chi connectivity index (χ1) is 14.1. The highest BCUT2D eigenvalue weighted by Gasteiger charge is 2.14. The van der Waals surface area contributed by atoms with E-state index in [9.17, 15) is 4.79 Å². The van der Waals surface area contributed by atoms with Crippen LogP contribution in [0.1, 0.15) is 20.8 Å². The molecular formula is C22H27N3O4. The fourth-order valence-corrected chi connectivity index (χ4v) is 3.10. The van der Waals surface area contributed by atoms with Crippen LogP contribution in [0.2, 0.25) is 0 Å². The number of rotatable bonds is 9. The summed E-state index contributed by atoms with van der Waals surface area (Å²) in [6.07, 6.45) is 0. The number of nitrogens with one attached hydrogen (secondary N) is 1. The fourth-order valence-electron chi connectivity index (χ4n) is 3.10. The number of nitrogens with zero attached hydrogens (tertiary/aromatic N) is 2. The van der Waals surface area contributed by atoms with Crippen molar-refractivity contribution in [1.82, 2.24) is 14.9 Å². The summed E-state index contributed by atoms with van der Waals surface area (Å²) >= 11 is 0. The number of hydrogen-bond donors (Lipinski definition) is 1. The summed E-state index contributed by atoms with van der Waals surface area (Å²) in [4.78, 5) is 21.9. The summed E-state index contributed by atoms with van der Waals surface area (Å²) in [6, 6.07) is 11.3. The lowest BCUT2D eigenvalue weighted by Gasteiger charge is -2.19. The molecule has 29 heavy (non-hydrogen) atoms. The molecule has 0 fully saturated rings. The molecule has 0 atom stereocenters. The molecule has 0 bridgehead atoms. The van der Waals surface area contributed by atoms with Crippen molar-refractivity contribution in [3.8, 4) is 28.6 Å². The van der Waals surface area contributed by atoms with E-state index in [0.29, 0.717) is 31.2 Å². The minimum atomic E-state index is -0.0484. The molecular weight excluding hydrogens is 370 g/mol. The number of carbonyl (C=O) groups is 1. The molecule has 2 aromatic carbocycles. The predicted molar refractivity (Wildman–Crippen MR) is 113 cm³/mol. The lowest BCUT2D eigenvalue weighted by Crippen LogP contribution is -2.34. The highest BCUT2D eigenvalue weighted by Crippen LogP contribution is 2.33.